The fourth-order valence-electron chi connectivity index (χ4n) is 3.68. The number of ether oxygens (including phenoxy) is 2. The number of amides is 1. The molecule has 1 aliphatic rings. The maximum Gasteiger partial charge on any atom is 0.408 e. The smallest absolute Gasteiger partial charge is 0.408 e. The number of hydrogen-bond acceptors (Lipinski definition) is 6. The third kappa shape index (κ3) is 5.58. The predicted octanol–water partition coefficient (Wildman–Crippen LogP) is 4.78. The highest BCUT2D eigenvalue weighted by Crippen LogP contribution is 2.35. The Balaban J connectivity index is 1.85. The number of fused-ring (bicyclic) bond motifs is 3. The maximum atomic E-state index is 12.8. The predicted molar refractivity (Wildman–Crippen MR) is 118 cm³/mol. The number of carbonyl (C=O) groups excluding carboxylic acids is 2. The molecule has 3 rings (SSSR count). The number of aryl methyl sites for hydroxylation is 1. The first-order chi connectivity index (χ1) is 14.4. The first kappa shape index (κ1) is 23.1. The van der Waals surface area contributed by atoms with Crippen LogP contribution in [0, 0.1) is 5.92 Å². The Morgan fingerprint density at radius 1 is 1.19 bits per heavy atom. The van der Waals surface area contributed by atoms with Crippen molar-refractivity contribution in [3.8, 4) is 5.75 Å². The number of benzene rings is 1. The van der Waals surface area contributed by atoms with E-state index < -0.39 is 23.7 Å². The molecule has 31 heavy (non-hydrogen) atoms. The number of hydrogen-bond donors (Lipinski definition) is 1. The van der Waals surface area contributed by atoms with Crippen LogP contribution in [0.5, 0.6) is 5.75 Å². The lowest BCUT2D eigenvalue weighted by molar-refractivity contribution is -0.137. The zero-order chi connectivity index (χ0) is 22.9. The summed E-state index contributed by atoms with van der Waals surface area (Å²) in [6.07, 6.45) is 2.01. The van der Waals surface area contributed by atoms with Gasteiger partial charge in [0.1, 0.15) is 17.2 Å². The first-order valence-corrected chi connectivity index (χ1v) is 10.8. The molecule has 0 spiro atoms. The van der Waals surface area contributed by atoms with Crippen LogP contribution in [-0.4, -0.2) is 23.7 Å². The summed E-state index contributed by atoms with van der Waals surface area (Å²) in [5, 5.41) is 3.55. The largest absolute Gasteiger partial charge is 0.444 e. The Kier molecular flexibility index (Phi) is 6.65. The summed E-state index contributed by atoms with van der Waals surface area (Å²) >= 11 is 6.38. The van der Waals surface area contributed by atoms with E-state index in [2.05, 4.69) is 5.32 Å². The minimum absolute atomic E-state index is 0.0695. The van der Waals surface area contributed by atoms with Crippen LogP contribution in [0.1, 0.15) is 58.6 Å². The summed E-state index contributed by atoms with van der Waals surface area (Å²) in [4.78, 5) is 37.3. The molecular formula is C23H28ClNO6. The second kappa shape index (κ2) is 8.91. The van der Waals surface area contributed by atoms with Gasteiger partial charge in [-0.1, -0.05) is 25.4 Å². The SMILES string of the molecule is CC(C)C[C@H](NC(=O)OC(C)(C)C)C(=O)Oc1cc2oc(=O)c3c(c2cc1Cl)CCC3. The monoisotopic (exact) mass is 449 g/mol. The normalized spacial score (nSPS) is 14.4. The second-order valence-electron chi connectivity index (χ2n) is 9.23. The van der Waals surface area contributed by atoms with Gasteiger partial charge in [-0.2, -0.15) is 0 Å². The summed E-state index contributed by atoms with van der Waals surface area (Å²) in [5.41, 5.74) is 0.875. The summed E-state index contributed by atoms with van der Waals surface area (Å²) in [5.74, 6) is -0.496. The van der Waals surface area contributed by atoms with Gasteiger partial charge in [-0.05, 0) is 64.0 Å². The minimum atomic E-state index is -0.923. The summed E-state index contributed by atoms with van der Waals surface area (Å²) < 4.78 is 16.2. The highest BCUT2D eigenvalue weighted by atomic mass is 35.5. The fourth-order valence-corrected chi connectivity index (χ4v) is 3.88. The average molecular weight is 450 g/mol. The van der Waals surface area contributed by atoms with Crippen molar-refractivity contribution in [2.45, 2.75) is 71.9 Å². The van der Waals surface area contributed by atoms with Crippen molar-refractivity contribution in [1.29, 1.82) is 0 Å². The lowest BCUT2D eigenvalue weighted by atomic mass is 10.0. The molecule has 1 aromatic heterocycles. The van der Waals surface area contributed by atoms with E-state index in [1.54, 1.807) is 26.8 Å². The lowest BCUT2D eigenvalue weighted by Gasteiger charge is -2.23. The Labute approximate surface area is 186 Å². The number of rotatable bonds is 5. The highest BCUT2D eigenvalue weighted by Gasteiger charge is 2.28. The Morgan fingerprint density at radius 2 is 1.87 bits per heavy atom. The number of esters is 1. The first-order valence-electron chi connectivity index (χ1n) is 10.4. The lowest BCUT2D eigenvalue weighted by Crippen LogP contribution is -2.45. The molecule has 0 aliphatic heterocycles. The molecule has 1 heterocycles. The number of halogens is 1. The van der Waals surface area contributed by atoms with Crippen LogP contribution in [-0.2, 0) is 22.4 Å². The molecule has 7 nitrogen and oxygen atoms in total. The van der Waals surface area contributed by atoms with Crippen molar-refractivity contribution in [3.05, 3.63) is 38.7 Å². The van der Waals surface area contributed by atoms with Crippen LogP contribution in [0.15, 0.2) is 21.3 Å². The summed E-state index contributed by atoms with van der Waals surface area (Å²) in [6.45, 7) is 9.07. The van der Waals surface area contributed by atoms with E-state index in [9.17, 15) is 14.4 Å². The molecule has 0 bridgehead atoms. The third-order valence-electron chi connectivity index (χ3n) is 4.92. The number of alkyl carbamates (subject to hydrolysis) is 1. The van der Waals surface area contributed by atoms with Gasteiger partial charge in [0.25, 0.3) is 0 Å². The van der Waals surface area contributed by atoms with E-state index in [1.807, 2.05) is 13.8 Å². The standard InChI is InChI=1S/C23H28ClNO6/c1-12(2)9-17(25-22(28)31-23(3,4)5)21(27)30-19-11-18-15(10-16(19)24)13-7-6-8-14(13)20(26)29-18/h10-12,17H,6-9H2,1-5H3,(H,25,28)/t17-/m0/s1. The molecule has 0 saturated carbocycles. The van der Waals surface area contributed by atoms with Gasteiger partial charge in [-0.3, -0.25) is 0 Å². The molecule has 168 valence electrons. The molecule has 0 saturated heterocycles. The van der Waals surface area contributed by atoms with E-state index in [1.165, 1.54) is 6.07 Å². The van der Waals surface area contributed by atoms with Gasteiger partial charge < -0.3 is 19.2 Å². The number of nitrogens with one attached hydrogen (secondary N) is 1. The highest BCUT2D eigenvalue weighted by molar-refractivity contribution is 6.33. The molecule has 1 aliphatic carbocycles. The second-order valence-corrected chi connectivity index (χ2v) is 9.64. The van der Waals surface area contributed by atoms with E-state index in [0.717, 1.165) is 23.8 Å². The van der Waals surface area contributed by atoms with Gasteiger partial charge in [-0.15, -0.1) is 0 Å². The minimum Gasteiger partial charge on any atom is -0.444 e. The van der Waals surface area contributed by atoms with Gasteiger partial charge in [0.05, 0.1) is 5.02 Å². The Bertz CT molecular complexity index is 1070. The zero-order valence-electron chi connectivity index (χ0n) is 18.5. The quantitative estimate of drug-likeness (QED) is 0.401. The maximum absolute atomic E-state index is 12.8. The van der Waals surface area contributed by atoms with Crippen molar-refractivity contribution in [2.75, 3.05) is 0 Å². The topological polar surface area (TPSA) is 94.8 Å². The van der Waals surface area contributed by atoms with Crippen LogP contribution < -0.4 is 15.7 Å². The third-order valence-corrected chi connectivity index (χ3v) is 5.21. The van der Waals surface area contributed by atoms with E-state index in [0.29, 0.717) is 24.0 Å². The Hall–Kier alpha value is -2.54. The van der Waals surface area contributed by atoms with Gasteiger partial charge in [0.15, 0.2) is 5.75 Å². The molecule has 8 heteroatoms. The van der Waals surface area contributed by atoms with Gasteiger partial charge in [0.2, 0.25) is 0 Å². The van der Waals surface area contributed by atoms with Gasteiger partial charge in [0, 0.05) is 17.0 Å². The molecule has 0 fully saturated rings. The van der Waals surface area contributed by atoms with Crippen LogP contribution in [0.3, 0.4) is 0 Å². The molecule has 2 aromatic rings. The van der Waals surface area contributed by atoms with Gasteiger partial charge in [-0.25, -0.2) is 14.4 Å². The molecular weight excluding hydrogens is 422 g/mol. The fraction of sp³-hybridized carbons (Fsp3) is 0.522. The summed E-state index contributed by atoms with van der Waals surface area (Å²) in [7, 11) is 0. The number of carbonyl (C=O) groups is 2. The molecule has 0 radical (unpaired) electrons. The van der Waals surface area contributed by atoms with Crippen molar-refractivity contribution < 1.29 is 23.5 Å². The van der Waals surface area contributed by atoms with Crippen LogP contribution in [0.4, 0.5) is 4.79 Å². The van der Waals surface area contributed by atoms with E-state index in [-0.39, 0.29) is 22.3 Å². The van der Waals surface area contributed by atoms with Crippen molar-refractivity contribution >= 4 is 34.6 Å². The van der Waals surface area contributed by atoms with E-state index >= 15 is 0 Å². The van der Waals surface area contributed by atoms with Crippen molar-refractivity contribution in [1.82, 2.24) is 5.32 Å². The average Bonchev–Trinajstić information content (AvgIpc) is 3.11. The summed E-state index contributed by atoms with van der Waals surface area (Å²) in [6, 6.07) is 2.19. The molecule has 0 unspecified atom stereocenters. The van der Waals surface area contributed by atoms with Crippen LogP contribution in [0.25, 0.3) is 11.0 Å². The molecule has 1 amide bonds. The van der Waals surface area contributed by atoms with Gasteiger partial charge >= 0.3 is 17.7 Å². The van der Waals surface area contributed by atoms with Crippen molar-refractivity contribution in [3.63, 3.8) is 0 Å². The Morgan fingerprint density at radius 3 is 2.52 bits per heavy atom. The zero-order valence-corrected chi connectivity index (χ0v) is 19.2. The van der Waals surface area contributed by atoms with Crippen LogP contribution in [0.2, 0.25) is 5.02 Å². The molecule has 1 atom stereocenters. The van der Waals surface area contributed by atoms with Crippen LogP contribution >= 0.6 is 11.6 Å². The molecule has 1 N–H and O–H groups in total. The van der Waals surface area contributed by atoms with E-state index in [4.69, 9.17) is 25.5 Å². The molecule has 1 aromatic carbocycles. The van der Waals surface area contributed by atoms with Crippen molar-refractivity contribution in [2.24, 2.45) is 5.92 Å².